The average Bonchev–Trinajstić information content (AvgIpc) is 2.45. The van der Waals surface area contributed by atoms with Crippen LogP contribution in [0.3, 0.4) is 0 Å². The van der Waals surface area contributed by atoms with E-state index in [9.17, 15) is 4.79 Å². The number of pyridine rings is 1. The molecule has 0 aliphatic carbocycles. The summed E-state index contributed by atoms with van der Waals surface area (Å²) >= 11 is 0. The molecule has 0 aliphatic rings. The molecule has 0 spiro atoms. The maximum Gasteiger partial charge on any atom is 0.345 e. The molecule has 4 rings (SSSR count). The van der Waals surface area contributed by atoms with E-state index in [1.165, 1.54) is 0 Å². The van der Waals surface area contributed by atoms with Gasteiger partial charge in [0.15, 0.2) is 0 Å². The minimum Gasteiger partial charge on any atom is -0.305 e. The molecule has 0 radical (unpaired) electrons. The van der Waals surface area contributed by atoms with Crippen molar-refractivity contribution in [3.63, 3.8) is 0 Å². The van der Waals surface area contributed by atoms with Gasteiger partial charge in [0.2, 0.25) is 0 Å². The highest BCUT2D eigenvalue weighted by molar-refractivity contribution is 6.07. The monoisotopic (exact) mass is 247 g/mol. The van der Waals surface area contributed by atoms with E-state index < -0.39 is 0 Å². The van der Waals surface area contributed by atoms with Crippen molar-refractivity contribution in [1.82, 2.24) is 15.0 Å². The van der Waals surface area contributed by atoms with E-state index in [1.807, 2.05) is 36.4 Å². The second-order valence-electron chi connectivity index (χ2n) is 4.47. The number of aromatic nitrogens is 3. The van der Waals surface area contributed by atoms with Crippen molar-refractivity contribution in [1.29, 1.82) is 0 Å². The van der Waals surface area contributed by atoms with Gasteiger partial charge in [-0.05, 0) is 24.3 Å². The van der Waals surface area contributed by atoms with Gasteiger partial charge in [-0.15, -0.1) is 0 Å². The zero-order valence-electron chi connectivity index (χ0n) is 9.92. The summed E-state index contributed by atoms with van der Waals surface area (Å²) in [5.74, 6) is 0. The molecule has 2 aromatic heterocycles. The van der Waals surface area contributed by atoms with Crippen LogP contribution >= 0.6 is 0 Å². The van der Waals surface area contributed by atoms with Crippen LogP contribution in [0.25, 0.3) is 32.7 Å². The Balaban J connectivity index is 2.28. The molecule has 90 valence electrons. The third kappa shape index (κ3) is 1.50. The molecule has 2 aromatic carbocycles. The highest BCUT2D eigenvalue weighted by atomic mass is 16.1. The van der Waals surface area contributed by atoms with Crippen LogP contribution in [-0.4, -0.2) is 15.0 Å². The summed E-state index contributed by atoms with van der Waals surface area (Å²) in [4.78, 5) is 22.6. The number of hydrogen-bond acceptors (Lipinski definition) is 3. The molecular formula is C15H9N3O. The third-order valence-corrected chi connectivity index (χ3v) is 3.29. The van der Waals surface area contributed by atoms with Crippen molar-refractivity contribution in [3.05, 3.63) is 59.1 Å². The molecule has 0 amide bonds. The zero-order valence-corrected chi connectivity index (χ0v) is 9.92. The molecule has 0 saturated heterocycles. The van der Waals surface area contributed by atoms with Crippen LogP contribution < -0.4 is 5.69 Å². The summed E-state index contributed by atoms with van der Waals surface area (Å²) in [5, 5.41) is 2.90. The molecule has 0 fully saturated rings. The highest BCUT2D eigenvalue weighted by Gasteiger charge is 2.04. The van der Waals surface area contributed by atoms with Gasteiger partial charge in [-0.25, -0.2) is 14.8 Å². The van der Waals surface area contributed by atoms with Gasteiger partial charge in [0.05, 0.1) is 16.6 Å². The number of para-hydroxylation sites is 1. The zero-order chi connectivity index (χ0) is 12.8. The first kappa shape index (κ1) is 10.2. The minimum atomic E-state index is -0.340. The standard InChI is InChI=1S/C15H9N3O/c19-15-16-8-10-5-6-13-11(14(10)18-15)7-9-3-1-2-4-12(9)17-13/h1-8H,(H,16,18,19). The van der Waals surface area contributed by atoms with Gasteiger partial charge >= 0.3 is 5.69 Å². The van der Waals surface area contributed by atoms with E-state index in [0.29, 0.717) is 0 Å². The van der Waals surface area contributed by atoms with Crippen molar-refractivity contribution >= 4 is 32.7 Å². The number of nitrogens with zero attached hydrogens (tertiary/aromatic N) is 2. The minimum absolute atomic E-state index is 0.340. The Bertz CT molecular complexity index is 989. The Labute approximate surface area is 107 Å². The summed E-state index contributed by atoms with van der Waals surface area (Å²) < 4.78 is 0. The van der Waals surface area contributed by atoms with Crippen LogP contribution in [0.15, 0.2) is 53.5 Å². The number of benzene rings is 2. The van der Waals surface area contributed by atoms with Crippen molar-refractivity contribution in [3.8, 4) is 0 Å². The first-order valence-corrected chi connectivity index (χ1v) is 5.99. The lowest BCUT2D eigenvalue weighted by Crippen LogP contribution is -2.08. The van der Waals surface area contributed by atoms with Crippen LogP contribution in [0.2, 0.25) is 0 Å². The number of aromatic amines is 1. The first-order chi connectivity index (χ1) is 9.31. The van der Waals surface area contributed by atoms with Gasteiger partial charge in [-0.1, -0.05) is 18.2 Å². The fourth-order valence-corrected chi connectivity index (χ4v) is 2.38. The van der Waals surface area contributed by atoms with Crippen molar-refractivity contribution in [2.24, 2.45) is 0 Å². The van der Waals surface area contributed by atoms with Gasteiger partial charge in [0, 0.05) is 22.4 Å². The maximum atomic E-state index is 11.4. The first-order valence-electron chi connectivity index (χ1n) is 5.99. The Hall–Kier alpha value is -2.75. The number of nitrogens with one attached hydrogen (secondary N) is 1. The smallest absolute Gasteiger partial charge is 0.305 e. The topological polar surface area (TPSA) is 58.6 Å². The summed E-state index contributed by atoms with van der Waals surface area (Å²) in [6.07, 6.45) is 1.59. The van der Waals surface area contributed by atoms with Crippen molar-refractivity contribution in [2.45, 2.75) is 0 Å². The third-order valence-electron chi connectivity index (χ3n) is 3.29. The molecule has 0 atom stereocenters. The van der Waals surface area contributed by atoms with Crippen LogP contribution in [-0.2, 0) is 0 Å². The number of H-pyrrole nitrogens is 1. The molecule has 0 bridgehead atoms. The molecule has 4 aromatic rings. The van der Waals surface area contributed by atoms with Gasteiger partial charge in [0.1, 0.15) is 0 Å². The van der Waals surface area contributed by atoms with E-state index in [0.717, 1.165) is 32.7 Å². The Kier molecular flexibility index (Phi) is 1.94. The number of hydrogen-bond donors (Lipinski definition) is 1. The Morgan fingerprint density at radius 2 is 1.84 bits per heavy atom. The molecule has 4 nitrogen and oxygen atoms in total. The highest BCUT2D eigenvalue weighted by Crippen LogP contribution is 2.24. The van der Waals surface area contributed by atoms with Crippen molar-refractivity contribution < 1.29 is 0 Å². The number of fused-ring (bicyclic) bond motifs is 4. The molecular weight excluding hydrogens is 238 g/mol. The van der Waals surface area contributed by atoms with E-state index in [1.54, 1.807) is 6.20 Å². The van der Waals surface area contributed by atoms with Gasteiger partial charge in [0.25, 0.3) is 0 Å². The predicted octanol–water partition coefficient (Wildman–Crippen LogP) is 2.62. The van der Waals surface area contributed by atoms with Gasteiger partial charge < -0.3 is 4.98 Å². The predicted molar refractivity (Wildman–Crippen MR) is 75.2 cm³/mol. The van der Waals surface area contributed by atoms with Crippen molar-refractivity contribution in [2.75, 3.05) is 0 Å². The molecule has 0 aliphatic heterocycles. The lowest BCUT2D eigenvalue weighted by molar-refractivity contribution is 1.12. The maximum absolute atomic E-state index is 11.4. The van der Waals surface area contributed by atoms with E-state index >= 15 is 0 Å². The van der Waals surface area contributed by atoms with Crippen LogP contribution in [0.5, 0.6) is 0 Å². The van der Waals surface area contributed by atoms with E-state index in [4.69, 9.17) is 0 Å². The van der Waals surface area contributed by atoms with Crippen LogP contribution in [0, 0.1) is 0 Å². The summed E-state index contributed by atoms with van der Waals surface area (Å²) in [6.45, 7) is 0. The molecule has 4 heteroatoms. The largest absolute Gasteiger partial charge is 0.345 e. The lowest BCUT2D eigenvalue weighted by Gasteiger charge is -2.04. The van der Waals surface area contributed by atoms with Crippen LogP contribution in [0.4, 0.5) is 0 Å². The molecule has 1 N–H and O–H groups in total. The van der Waals surface area contributed by atoms with Gasteiger partial charge in [-0.2, -0.15) is 0 Å². The molecule has 0 unspecified atom stereocenters. The Morgan fingerprint density at radius 1 is 0.947 bits per heavy atom. The summed E-state index contributed by atoms with van der Waals surface area (Å²) in [7, 11) is 0. The molecule has 19 heavy (non-hydrogen) atoms. The average molecular weight is 247 g/mol. The Morgan fingerprint density at radius 3 is 2.79 bits per heavy atom. The normalized spacial score (nSPS) is 11.4. The molecule has 2 heterocycles. The SMILES string of the molecule is O=c1ncc2ccc3nc4ccccc4cc3c2[nH]1. The summed E-state index contributed by atoms with van der Waals surface area (Å²) in [6, 6.07) is 13.9. The van der Waals surface area contributed by atoms with E-state index in [2.05, 4.69) is 21.0 Å². The van der Waals surface area contributed by atoms with E-state index in [-0.39, 0.29) is 5.69 Å². The quantitative estimate of drug-likeness (QED) is 0.384. The second-order valence-corrected chi connectivity index (χ2v) is 4.47. The van der Waals surface area contributed by atoms with Gasteiger partial charge in [-0.3, -0.25) is 0 Å². The lowest BCUT2D eigenvalue weighted by atomic mass is 10.1. The molecule has 0 saturated carbocycles. The van der Waals surface area contributed by atoms with Crippen LogP contribution in [0.1, 0.15) is 0 Å². The summed E-state index contributed by atoms with van der Waals surface area (Å²) in [5.41, 5.74) is 2.27. The second kappa shape index (κ2) is 3.62. The fourth-order valence-electron chi connectivity index (χ4n) is 2.38. The fraction of sp³-hybridized carbons (Fsp3) is 0. The number of rotatable bonds is 0.